The fourth-order valence-corrected chi connectivity index (χ4v) is 3.58. The van der Waals surface area contributed by atoms with Crippen LogP contribution in [-0.4, -0.2) is 13.1 Å². The molecule has 1 fully saturated rings. The van der Waals surface area contributed by atoms with Gasteiger partial charge in [-0.1, -0.05) is 23.8 Å². The first-order valence-electron chi connectivity index (χ1n) is 6.61. The van der Waals surface area contributed by atoms with Crippen molar-refractivity contribution in [1.29, 1.82) is 0 Å². The Labute approximate surface area is 98.3 Å². The van der Waals surface area contributed by atoms with E-state index in [0.717, 1.165) is 0 Å². The summed E-state index contributed by atoms with van der Waals surface area (Å²) in [5.41, 5.74) is 5.25. The van der Waals surface area contributed by atoms with E-state index >= 15 is 0 Å². The van der Waals surface area contributed by atoms with Crippen molar-refractivity contribution in [2.75, 3.05) is 13.1 Å². The minimum absolute atomic E-state index is 0.519. The molecule has 0 bridgehead atoms. The van der Waals surface area contributed by atoms with Gasteiger partial charge in [0.25, 0.3) is 0 Å². The van der Waals surface area contributed by atoms with Crippen molar-refractivity contribution in [3.63, 3.8) is 0 Å². The summed E-state index contributed by atoms with van der Waals surface area (Å²) in [6, 6.07) is 7.10. The van der Waals surface area contributed by atoms with Crippen LogP contribution in [0, 0.1) is 6.92 Å². The number of hydrogen-bond donors (Lipinski definition) is 1. The van der Waals surface area contributed by atoms with Crippen LogP contribution < -0.4 is 5.32 Å². The van der Waals surface area contributed by atoms with Gasteiger partial charge in [-0.15, -0.1) is 0 Å². The monoisotopic (exact) mass is 215 g/mol. The molecule has 1 heteroatoms. The molecule has 2 aliphatic rings. The summed E-state index contributed by atoms with van der Waals surface area (Å²) in [7, 11) is 0. The van der Waals surface area contributed by atoms with Crippen LogP contribution in [-0.2, 0) is 11.8 Å². The van der Waals surface area contributed by atoms with Gasteiger partial charge >= 0.3 is 0 Å². The molecular weight excluding hydrogens is 194 g/mol. The third-order valence-electron chi connectivity index (χ3n) is 4.50. The van der Waals surface area contributed by atoms with E-state index in [0.29, 0.717) is 5.41 Å². The lowest BCUT2D eigenvalue weighted by Crippen LogP contribution is -2.42. The smallest absolute Gasteiger partial charge is 0.00199 e. The Morgan fingerprint density at radius 1 is 1.12 bits per heavy atom. The predicted molar refractivity (Wildman–Crippen MR) is 67.9 cm³/mol. The van der Waals surface area contributed by atoms with E-state index in [2.05, 4.69) is 30.4 Å². The van der Waals surface area contributed by atoms with Gasteiger partial charge in [0, 0.05) is 0 Å². The lowest BCUT2D eigenvalue weighted by atomic mass is 9.65. The Morgan fingerprint density at radius 2 is 1.94 bits per heavy atom. The quantitative estimate of drug-likeness (QED) is 0.701. The first-order chi connectivity index (χ1) is 7.80. The second kappa shape index (κ2) is 3.89. The molecule has 86 valence electrons. The molecule has 1 N–H and O–H groups in total. The minimum atomic E-state index is 0.519. The Bertz CT molecular complexity index is 388. The lowest BCUT2D eigenvalue weighted by Gasteiger charge is -2.42. The van der Waals surface area contributed by atoms with Gasteiger partial charge < -0.3 is 5.32 Å². The Balaban J connectivity index is 2.06. The maximum atomic E-state index is 3.50. The maximum absolute atomic E-state index is 3.50. The molecule has 0 atom stereocenters. The fourth-order valence-electron chi connectivity index (χ4n) is 3.58. The van der Waals surface area contributed by atoms with Gasteiger partial charge in [-0.05, 0) is 68.7 Å². The molecule has 1 aliphatic carbocycles. The third-order valence-corrected chi connectivity index (χ3v) is 4.50. The Kier molecular flexibility index (Phi) is 2.51. The van der Waals surface area contributed by atoms with E-state index in [1.165, 1.54) is 50.8 Å². The molecule has 1 nitrogen and oxygen atoms in total. The average Bonchev–Trinajstić information content (AvgIpc) is 2.32. The van der Waals surface area contributed by atoms with Crippen molar-refractivity contribution in [2.45, 2.75) is 44.4 Å². The third kappa shape index (κ3) is 1.58. The van der Waals surface area contributed by atoms with Crippen molar-refractivity contribution < 1.29 is 0 Å². The molecule has 16 heavy (non-hydrogen) atoms. The summed E-state index contributed by atoms with van der Waals surface area (Å²) >= 11 is 0. The highest BCUT2D eigenvalue weighted by Gasteiger charge is 2.37. The zero-order valence-electron chi connectivity index (χ0n) is 10.2. The second-order valence-corrected chi connectivity index (χ2v) is 5.54. The minimum Gasteiger partial charge on any atom is -0.317 e. The molecule has 1 aromatic rings. The van der Waals surface area contributed by atoms with Gasteiger partial charge in [-0.2, -0.15) is 0 Å². The zero-order valence-corrected chi connectivity index (χ0v) is 10.2. The van der Waals surface area contributed by atoms with Gasteiger partial charge in [0.1, 0.15) is 0 Å². The molecule has 1 aromatic carbocycles. The highest BCUT2D eigenvalue weighted by atomic mass is 14.9. The number of rotatable bonds is 0. The van der Waals surface area contributed by atoms with Crippen molar-refractivity contribution in [3.8, 4) is 0 Å². The molecule has 0 radical (unpaired) electrons. The van der Waals surface area contributed by atoms with Crippen molar-refractivity contribution in [2.24, 2.45) is 0 Å². The largest absolute Gasteiger partial charge is 0.317 e. The van der Waals surface area contributed by atoms with E-state index in [4.69, 9.17) is 0 Å². The van der Waals surface area contributed by atoms with Crippen LogP contribution >= 0.6 is 0 Å². The summed E-state index contributed by atoms with van der Waals surface area (Å²) in [4.78, 5) is 0. The van der Waals surface area contributed by atoms with Crippen molar-refractivity contribution in [1.82, 2.24) is 5.32 Å². The van der Waals surface area contributed by atoms with Gasteiger partial charge in [0.15, 0.2) is 0 Å². The van der Waals surface area contributed by atoms with Crippen LogP contribution in [0.15, 0.2) is 18.2 Å². The maximum Gasteiger partial charge on any atom is -0.00199 e. The molecule has 3 rings (SSSR count). The Morgan fingerprint density at radius 3 is 2.75 bits per heavy atom. The van der Waals surface area contributed by atoms with Crippen molar-refractivity contribution in [3.05, 3.63) is 34.9 Å². The average molecular weight is 215 g/mol. The number of nitrogens with one attached hydrogen (secondary N) is 1. The van der Waals surface area contributed by atoms with Crippen LogP contribution in [0.3, 0.4) is 0 Å². The second-order valence-electron chi connectivity index (χ2n) is 5.54. The van der Waals surface area contributed by atoms with E-state index in [-0.39, 0.29) is 0 Å². The number of benzene rings is 1. The van der Waals surface area contributed by atoms with Crippen LogP contribution in [0.1, 0.15) is 42.4 Å². The lowest BCUT2D eigenvalue weighted by molar-refractivity contribution is 0.268. The molecule has 1 saturated heterocycles. The van der Waals surface area contributed by atoms with E-state index in [1.807, 2.05) is 0 Å². The number of piperidine rings is 1. The normalized spacial score (nSPS) is 23.1. The number of hydrogen-bond acceptors (Lipinski definition) is 1. The van der Waals surface area contributed by atoms with E-state index in [1.54, 1.807) is 11.1 Å². The topological polar surface area (TPSA) is 12.0 Å². The van der Waals surface area contributed by atoms with Gasteiger partial charge in [0.2, 0.25) is 0 Å². The number of aryl methyl sites for hydroxylation is 2. The predicted octanol–water partition coefficient (Wildman–Crippen LogP) is 2.95. The molecular formula is C15H21N. The zero-order chi connectivity index (χ0) is 11.0. The summed E-state index contributed by atoms with van der Waals surface area (Å²) < 4.78 is 0. The fraction of sp³-hybridized carbons (Fsp3) is 0.600. The highest BCUT2D eigenvalue weighted by molar-refractivity contribution is 5.40. The standard InChI is InChI=1S/C15H21N/c1-12-4-5-13-3-2-6-15(14(13)11-12)7-9-16-10-8-15/h4-5,11,16H,2-3,6-10H2,1H3. The van der Waals surface area contributed by atoms with Gasteiger partial charge in [0.05, 0.1) is 0 Å². The summed E-state index contributed by atoms with van der Waals surface area (Å²) in [6.07, 6.45) is 6.76. The molecule has 0 aromatic heterocycles. The first-order valence-corrected chi connectivity index (χ1v) is 6.61. The number of fused-ring (bicyclic) bond motifs is 2. The molecule has 0 unspecified atom stereocenters. The first kappa shape index (κ1) is 10.3. The summed E-state index contributed by atoms with van der Waals surface area (Å²) in [6.45, 7) is 4.63. The van der Waals surface area contributed by atoms with E-state index in [9.17, 15) is 0 Å². The van der Waals surface area contributed by atoms with Crippen LogP contribution in [0.25, 0.3) is 0 Å². The highest BCUT2D eigenvalue weighted by Crippen LogP contribution is 2.43. The summed E-state index contributed by atoms with van der Waals surface area (Å²) in [5.74, 6) is 0. The van der Waals surface area contributed by atoms with Crippen molar-refractivity contribution >= 4 is 0 Å². The molecule has 1 spiro atoms. The molecule has 1 heterocycles. The van der Waals surface area contributed by atoms with Crippen LogP contribution in [0.5, 0.6) is 0 Å². The SMILES string of the molecule is Cc1ccc2c(c1)C1(CCC2)CCNCC1. The van der Waals surface area contributed by atoms with Crippen LogP contribution in [0.4, 0.5) is 0 Å². The van der Waals surface area contributed by atoms with Gasteiger partial charge in [-0.25, -0.2) is 0 Å². The molecule has 0 saturated carbocycles. The molecule has 0 amide bonds. The van der Waals surface area contributed by atoms with Gasteiger partial charge in [-0.3, -0.25) is 0 Å². The Hall–Kier alpha value is -0.820. The van der Waals surface area contributed by atoms with Crippen LogP contribution in [0.2, 0.25) is 0 Å². The molecule has 1 aliphatic heterocycles. The summed E-state index contributed by atoms with van der Waals surface area (Å²) in [5, 5.41) is 3.50. The van der Waals surface area contributed by atoms with E-state index < -0.39 is 0 Å².